The Morgan fingerprint density at radius 2 is 2.18 bits per heavy atom. The number of fused-ring (bicyclic) bond motifs is 1. The number of nitrogens with two attached hydrogens (primary N) is 1. The fourth-order valence-electron chi connectivity index (χ4n) is 1.65. The second kappa shape index (κ2) is 3.92. The van der Waals surface area contributed by atoms with Crippen molar-refractivity contribution in [2.45, 2.75) is 19.4 Å². The first-order valence-corrected chi connectivity index (χ1v) is 5.51. The number of oxazole rings is 1. The van der Waals surface area contributed by atoms with E-state index in [1.165, 1.54) is 4.57 Å². The third kappa shape index (κ3) is 2.19. The van der Waals surface area contributed by atoms with Crippen LogP contribution in [0.25, 0.3) is 11.1 Å². The van der Waals surface area contributed by atoms with Crippen molar-refractivity contribution in [1.82, 2.24) is 4.57 Å². The van der Waals surface area contributed by atoms with Crippen LogP contribution in [0, 0.1) is 0 Å². The average molecular weight is 235 g/mol. The summed E-state index contributed by atoms with van der Waals surface area (Å²) >= 11 is 0. The van der Waals surface area contributed by atoms with Crippen molar-refractivity contribution in [3.8, 4) is 0 Å². The molecule has 0 unspecified atom stereocenters. The second-order valence-corrected chi connectivity index (χ2v) is 4.82. The number of aromatic nitrogens is 1. The van der Waals surface area contributed by atoms with Crippen molar-refractivity contribution in [3.05, 3.63) is 28.7 Å². The summed E-state index contributed by atoms with van der Waals surface area (Å²) in [4.78, 5) is 11.3. The molecule has 1 aromatic heterocycles. The number of nitrogens with zero attached hydrogens (tertiary/aromatic N) is 1. The minimum atomic E-state index is -0.352. The highest BCUT2D eigenvalue weighted by atomic mass is 16.4. The summed E-state index contributed by atoms with van der Waals surface area (Å²) in [5, 5.41) is 3.31. The van der Waals surface area contributed by atoms with Crippen molar-refractivity contribution < 1.29 is 4.42 Å². The van der Waals surface area contributed by atoms with Gasteiger partial charge >= 0.3 is 5.76 Å². The summed E-state index contributed by atoms with van der Waals surface area (Å²) in [6.45, 7) is 4.56. The molecule has 1 aromatic carbocycles. The molecular weight excluding hydrogens is 218 g/mol. The van der Waals surface area contributed by atoms with Crippen LogP contribution >= 0.6 is 0 Å². The molecular formula is C12H17N3O2. The first kappa shape index (κ1) is 11.7. The molecule has 1 heterocycles. The van der Waals surface area contributed by atoms with Crippen LogP contribution in [0.3, 0.4) is 0 Å². The van der Waals surface area contributed by atoms with Gasteiger partial charge in [0.15, 0.2) is 5.58 Å². The lowest BCUT2D eigenvalue weighted by Gasteiger charge is -2.25. The molecule has 2 rings (SSSR count). The van der Waals surface area contributed by atoms with Gasteiger partial charge in [-0.2, -0.15) is 0 Å². The third-order valence-corrected chi connectivity index (χ3v) is 2.78. The molecule has 0 spiro atoms. The SMILES string of the molecule is Cn1c(=O)oc2ccc(NC(C)(C)CN)cc21. The first-order valence-electron chi connectivity index (χ1n) is 5.51. The van der Waals surface area contributed by atoms with Crippen LogP contribution in [0.2, 0.25) is 0 Å². The Labute approximate surface area is 99.2 Å². The van der Waals surface area contributed by atoms with Gasteiger partial charge in [0.05, 0.1) is 5.52 Å². The Hall–Kier alpha value is -1.75. The van der Waals surface area contributed by atoms with Gasteiger partial charge in [-0.25, -0.2) is 4.79 Å². The lowest BCUT2D eigenvalue weighted by molar-refractivity contribution is 0.528. The monoisotopic (exact) mass is 235 g/mol. The van der Waals surface area contributed by atoms with E-state index in [0.29, 0.717) is 12.1 Å². The van der Waals surface area contributed by atoms with Crippen LogP contribution in [0.4, 0.5) is 5.69 Å². The van der Waals surface area contributed by atoms with Gasteiger partial charge in [0, 0.05) is 24.8 Å². The second-order valence-electron chi connectivity index (χ2n) is 4.82. The zero-order valence-electron chi connectivity index (χ0n) is 10.3. The van der Waals surface area contributed by atoms with Gasteiger partial charge in [0.2, 0.25) is 0 Å². The molecule has 0 radical (unpaired) electrons. The molecule has 5 nitrogen and oxygen atoms in total. The summed E-state index contributed by atoms with van der Waals surface area (Å²) in [7, 11) is 1.69. The molecule has 5 heteroatoms. The van der Waals surface area contributed by atoms with E-state index in [9.17, 15) is 4.79 Å². The predicted octanol–water partition coefficient (Wildman–Crippen LogP) is 1.28. The van der Waals surface area contributed by atoms with Crippen molar-refractivity contribution in [3.63, 3.8) is 0 Å². The van der Waals surface area contributed by atoms with Gasteiger partial charge in [-0.05, 0) is 32.0 Å². The Bertz CT molecular complexity index is 595. The highest BCUT2D eigenvalue weighted by Crippen LogP contribution is 2.20. The minimum Gasteiger partial charge on any atom is -0.408 e. The zero-order chi connectivity index (χ0) is 12.6. The molecule has 0 saturated carbocycles. The van der Waals surface area contributed by atoms with Crippen LogP contribution in [0.5, 0.6) is 0 Å². The molecule has 0 atom stereocenters. The van der Waals surface area contributed by atoms with Gasteiger partial charge in [0.25, 0.3) is 0 Å². The Morgan fingerprint density at radius 3 is 2.82 bits per heavy atom. The van der Waals surface area contributed by atoms with Gasteiger partial charge in [-0.15, -0.1) is 0 Å². The molecule has 0 aliphatic heterocycles. The minimum absolute atomic E-state index is 0.184. The Balaban J connectivity index is 2.44. The summed E-state index contributed by atoms with van der Waals surface area (Å²) in [5.74, 6) is -0.352. The van der Waals surface area contributed by atoms with Gasteiger partial charge < -0.3 is 15.5 Å². The molecule has 92 valence electrons. The molecule has 0 aliphatic rings. The summed E-state index contributed by atoms with van der Waals surface area (Å²) in [5.41, 5.74) is 7.76. The van der Waals surface area contributed by atoms with Crippen LogP contribution in [0.15, 0.2) is 27.4 Å². The predicted molar refractivity (Wildman–Crippen MR) is 68.2 cm³/mol. The van der Waals surface area contributed by atoms with Crippen molar-refractivity contribution in [2.24, 2.45) is 12.8 Å². The van der Waals surface area contributed by atoms with E-state index in [1.54, 1.807) is 13.1 Å². The molecule has 0 fully saturated rings. The highest BCUT2D eigenvalue weighted by Gasteiger charge is 2.15. The van der Waals surface area contributed by atoms with E-state index < -0.39 is 0 Å². The summed E-state index contributed by atoms with van der Waals surface area (Å²) in [6.07, 6.45) is 0. The normalized spacial score (nSPS) is 12.0. The number of rotatable bonds is 3. The lowest BCUT2D eigenvalue weighted by atomic mass is 10.1. The smallest absolute Gasteiger partial charge is 0.408 e. The van der Waals surface area contributed by atoms with Gasteiger partial charge in [0.1, 0.15) is 0 Å². The quantitative estimate of drug-likeness (QED) is 0.840. The Morgan fingerprint density at radius 1 is 1.47 bits per heavy atom. The third-order valence-electron chi connectivity index (χ3n) is 2.78. The van der Waals surface area contributed by atoms with Crippen molar-refractivity contribution in [1.29, 1.82) is 0 Å². The van der Waals surface area contributed by atoms with Crippen LogP contribution in [-0.2, 0) is 7.05 Å². The Kier molecular flexibility index (Phi) is 2.71. The number of hydrogen-bond donors (Lipinski definition) is 2. The van der Waals surface area contributed by atoms with E-state index in [0.717, 1.165) is 11.2 Å². The molecule has 0 aliphatic carbocycles. The number of anilines is 1. The van der Waals surface area contributed by atoms with Gasteiger partial charge in [-0.1, -0.05) is 0 Å². The fourth-order valence-corrected chi connectivity index (χ4v) is 1.65. The fraction of sp³-hybridized carbons (Fsp3) is 0.417. The number of hydrogen-bond acceptors (Lipinski definition) is 4. The van der Waals surface area contributed by atoms with Crippen molar-refractivity contribution in [2.75, 3.05) is 11.9 Å². The molecule has 0 saturated heterocycles. The molecule has 0 bridgehead atoms. The first-order chi connectivity index (χ1) is 7.93. The molecule has 3 N–H and O–H groups in total. The van der Waals surface area contributed by atoms with E-state index in [-0.39, 0.29) is 11.3 Å². The van der Waals surface area contributed by atoms with Crippen LogP contribution < -0.4 is 16.8 Å². The molecule has 17 heavy (non-hydrogen) atoms. The van der Waals surface area contributed by atoms with Crippen LogP contribution in [0.1, 0.15) is 13.8 Å². The average Bonchev–Trinajstić information content (AvgIpc) is 2.55. The number of aryl methyl sites for hydroxylation is 1. The summed E-state index contributed by atoms with van der Waals surface area (Å²) < 4.78 is 6.55. The summed E-state index contributed by atoms with van der Waals surface area (Å²) in [6, 6.07) is 5.55. The topological polar surface area (TPSA) is 73.2 Å². The van der Waals surface area contributed by atoms with Crippen LogP contribution in [-0.4, -0.2) is 16.7 Å². The van der Waals surface area contributed by atoms with E-state index in [2.05, 4.69) is 5.32 Å². The maximum atomic E-state index is 11.3. The lowest BCUT2D eigenvalue weighted by Crippen LogP contribution is -2.39. The molecule has 0 amide bonds. The van der Waals surface area contributed by atoms with E-state index in [4.69, 9.17) is 10.2 Å². The largest absolute Gasteiger partial charge is 0.419 e. The van der Waals surface area contributed by atoms with E-state index in [1.807, 2.05) is 26.0 Å². The standard InChI is InChI=1S/C12H17N3O2/c1-12(2,7-13)14-8-4-5-10-9(6-8)15(3)11(16)17-10/h4-6,14H,7,13H2,1-3H3. The number of benzene rings is 1. The van der Waals surface area contributed by atoms with Gasteiger partial charge in [-0.3, -0.25) is 4.57 Å². The highest BCUT2D eigenvalue weighted by molar-refractivity contribution is 5.77. The molecule has 2 aromatic rings. The maximum absolute atomic E-state index is 11.3. The van der Waals surface area contributed by atoms with E-state index >= 15 is 0 Å². The zero-order valence-corrected chi connectivity index (χ0v) is 10.3. The maximum Gasteiger partial charge on any atom is 0.419 e. The van der Waals surface area contributed by atoms with Crippen molar-refractivity contribution >= 4 is 16.8 Å². The number of nitrogens with one attached hydrogen (secondary N) is 1.